The lowest BCUT2D eigenvalue weighted by Crippen LogP contribution is -2.62. The van der Waals surface area contributed by atoms with Crippen molar-refractivity contribution in [3.8, 4) is 0 Å². The molecule has 2 atom stereocenters. The van der Waals surface area contributed by atoms with Gasteiger partial charge in [0.2, 0.25) is 0 Å². The molecule has 0 bridgehead atoms. The van der Waals surface area contributed by atoms with Crippen LogP contribution in [0.2, 0.25) is 0 Å². The molecule has 1 aliphatic heterocycles. The predicted octanol–water partition coefficient (Wildman–Crippen LogP) is 3.72. The summed E-state index contributed by atoms with van der Waals surface area (Å²) in [5, 5.41) is 1.64. The Morgan fingerprint density at radius 3 is 2.20 bits per heavy atom. The second-order valence-corrected chi connectivity index (χ2v) is 6.44. The van der Waals surface area contributed by atoms with E-state index in [9.17, 15) is 9.59 Å². The summed E-state index contributed by atoms with van der Waals surface area (Å²) in [5.41, 5.74) is 1.94. The van der Waals surface area contributed by atoms with Crippen LogP contribution >= 0.6 is 15.9 Å². The fourth-order valence-corrected chi connectivity index (χ4v) is 3.48. The number of carbonyl (C=O) groups excluding carboxylic acids is 2. The molecule has 130 valence electrons. The first-order valence-corrected chi connectivity index (χ1v) is 9.13. The number of hydrogen-bond acceptors (Lipinski definition) is 4. The van der Waals surface area contributed by atoms with E-state index in [2.05, 4.69) is 15.9 Å². The van der Waals surface area contributed by atoms with Crippen LogP contribution in [0, 0.1) is 5.92 Å². The lowest BCUT2D eigenvalue weighted by Gasteiger charge is -2.43. The standard InChI is InChI=1S/C19H18BrNO4/c20-12-17-16(11-14-7-3-1-4-8-14)18(22)21(17)25-19(23)24-13-15-9-5-2-6-10-15/h1-10,16-17H,11-13H2/t16-,17-/m0/s1. The lowest BCUT2D eigenvalue weighted by molar-refractivity contribution is -0.221. The Labute approximate surface area is 154 Å². The molecule has 5 nitrogen and oxygen atoms in total. The van der Waals surface area contributed by atoms with Crippen LogP contribution in [0.1, 0.15) is 11.1 Å². The monoisotopic (exact) mass is 403 g/mol. The van der Waals surface area contributed by atoms with E-state index in [1.807, 2.05) is 60.7 Å². The number of nitrogens with zero attached hydrogens (tertiary/aromatic N) is 1. The summed E-state index contributed by atoms with van der Waals surface area (Å²) in [6.45, 7) is 0.105. The minimum atomic E-state index is -0.874. The number of rotatable bonds is 6. The SMILES string of the molecule is O=C(OCc1ccccc1)ON1C(=O)[C@@H](Cc2ccccc2)[C@@H]1CBr. The van der Waals surface area contributed by atoms with Gasteiger partial charge in [0, 0.05) is 5.33 Å². The molecule has 0 aliphatic carbocycles. The Bertz CT molecular complexity index is 723. The van der Waals surface area contributed by atoms with Crippen molar-refractivity contribution >= 4 is 28.0 Å². The molecule has 6 heteroatoms. The maximum Gasteiger partial charge on any atom is 0.533 e. The minimum Gasteiger partial charge on any atom is -0.428 e. The van der Waals surface area contributed by atoms with Gasteiger partial charge in [-0.05, 0) is 17.5 Å². The van der Waals surface area contributed by atoms with Gasteiger partial charge in [0.1, 0.15) is 6.61 Å². The van der Waals surface area contributed by atoms with Gasteiger partial charge < -0.3 is 9.57 Å². The molecular formula is C19H18BrNO4. The zero-order valence-electron chi connectivity index (χ0n) is 13.5. The summed E-state index contributed by atoms with van der Waals surface area (Å²) >= 11 is 3.39. The third-order valence-electron chi connectivity index (χ3n) is 4.13. The van der Waals surface area contributed by atoms with Crippen LogP contribution in [0.4, 0.5) is 4.79 Å². The van der Waals surface area contributed by atoms with Crippen molar-refractivity contribution in [2.24, 2.45) is 5.92 Å². The summed E-state index contributed by atoms with van der Waals surface area (Å²) < 4.78 is 5.06. The molecule has 2 aromatic rings. The van der Waals surface area contributed by atoms with Gasteiger partial charge in [-0.1, -0.05) is 76.6 Å². The van der Waals surface area contributed by atoms with Crippen molar-refractivity contribution in [2.75, 3.05) is 5.33 Å². The fraction of sp³-hybridized carbons (Fsp3) is 0.263. The highest BCUT2D eigenvalue weighted by atomic mass is 79.9. The Morgan fingerprint density at radius 1 is 1.00 bits per heavy atom. The number of hydrogen-bond donors (Lipinski definition) is 0. The maximum atomic E-state index is 12.3. The number of amides is 1. The first-order chi connectivity index (χ1) is 12.2. The van der Waals surface area contributed by atoms with Gasteiger partial charge in [0.15, 0.2) is 0 Å². The number of carbonyl (C=O) groups is 2. The van der Waals surface area contributed by atoms with E-state index in [-0.39, 0.29) is 24.5 Å². The van der Waals surface area contributed by atoms with E-state index >= 15 is 0 Å². The zero-order chi connectivity index (χ0) is 17.6. The molecule has 25 heavy (non-hydrogen) atoms. The Morgan fingerprint density at radius 2 is 1.60 bits per heavy atom. The van der Waals surface area contributed by atoms with Gasteiger partial charge in [-0.15, -0.1) is 0 Å². The second-order valence-electron chi connectivity index (χ2n) is 5.80. The number of alkyl halides is 1. The van der Waals surface area contributed by atoms with Crippen molar-refractivity contribution in [3.05, 3.63) is 71.8 Å². The molecule has 0 N–H and O–H groups in total. The normalized spacial score (nSPS) is 19.2. The molecule has 0 radical (unpaired) electrons. The molecule has 0 aromatic heterocycles. The van der Waals surface area contributed by atoms with Gasteiger partial charge in [-0.25, -0.2) is 4.79 Å². The summed E-state index contributed by atoms with van der Waals surface area (Å²) in [7, 11) is 0. The highest BCUT2D eigenvalue weighted by molar-refractivity contribution is 9.09. The van der Waals surface area contributed by atoms with E-state index in [1.54, 1.807) is 0 Å². The molecule has 0 saturated carbocycles. The summed E-state index contributed by atoms with van der Waals surface area (Å²) in [5.74, 6) is -0.409. The molecule has 1 heterocycles. The first kappa shape index (κ1) is 17.5. The topological polar surface area (TPSA) is 55.8 Å². The van der Waals surface area contributed by atoms with Gasteiger partial charge in [0.25, 0.3) is 5.91 Å². The molecule has 1 fully saturated rings. The Kier molecular flexibility index (Phi) is 5.71. The average molecular weight is 404 g/mol. The van der Waals surface area contributed by atoms with Crippen molar-refractivity contribution in [1.29, 1.82) is 0 Å². The van der Waals surface area contributed by atoms with E-state index in [0.717, 1.165) is 16.2 Å². The lowest BCUT2D eigenvalue weighted by atomic mass is 9.85. The molecule has 1 aliphatic rings. The quantitative estimate of drug-likeness (QED) is 0.419. The van der Waals surface area contributed by atoms with Gasteiger partial charge in [-0.3, -0.25) is 4.79 Å². The summed E-state index contributed by atoms with van der Waals surface area (Å²) in [4.78, 5) is 29.2. The summed E-state index contributed by atoms with van der Waals surface area (Å²) in [6.07, 6.45) is -0.254. The third kappa shape index (κ3) is 4.20. The number of ether oxygens (including phenoxy) is 1. The van der Waals surface area contributed by atoms with E-state index < -0.39 is 6.16 Å². The molecule has 3 rings (SSSR count). The van der Waals surface area contributed by atoms with Crippen LogP contribution in [-0.4, -0.2) is 28.5 Å². The number of halogens is 1. The summed E-state index contributed by atoms with van der Waals surface area (Å²) in [6, 6.07) is 18.9. The van der Waals surface area contributed by atoms with Gasteiger partial charge in [0.05, 0.1) is 12.0 Å². The van der Waals surface area contributed by atoms with Crippen molar-refractivity contribution in [2.45, 2.75) is 19.1 Å². The van der Waals surface area contributed by atoms with Crippen LogP contribution in [0.15, 0.2) is 60.7 Å². The van der Waals surface area contributed by atoms with Crippen LogP contribution in [0.5, 0.6) is 0 Å². The van der Waals surface area contributed by atoms with E-state index in [0.29, 0.717) is 11.8 Å². The number of β-lactam (4-membered cyclic amide) rings is 1. The fourth-order valence-electron chi connectivity index (χ4n) is 2.77. The molecule has 0 unspecified atom stereocenters. The second kappa shape index (κ2) is 8.16. The predicted molar refractivity (Wildman–Crippen MR) is 95.8 cm³/mol. The van der Waals surface area contributed by atoms with Crippen LogP contribution in [-0.2, 0) is 27.4 Å². The number of benzene rings is 2. The average Bonchev–Trinajstić information content (AvgIpc) is 2.66. The van der Waals surface area contributed by atoms with Crippen molar-refractivity contribution in [1.82, 2.24) is 5.06 Å². The number of hydroxylamine groups is 2. The highest BCUT2D eigenvalue weighted by Crippen LogP contribution is 2.31. The van der Waals surface area contributed by atoms with Crippen LogP contribution in [0.25, 0.3) is 0 Å². The Hall–Kier alpha value is -2.34. The smallest absolute Gasteiger partial charge is 0.428 e. The van der Waals surface area contributed by atoms with E-state index in [1.165, 1.54) is 0 Å². The van der Waals surface area contributed by atoms with Crippen molar-refractivity contribution in [3.63, 3.8) is 0 Å². The zero-order valence-corrected chi connectivity index (χ0v) is 15.1. The van der Waals surface area contributed by atoms with Crippen LogP contribution < -0.4 is 0 Å². The van der Waals surface area contributed by atoms with Crippen LogP contribution in [0.3, 0.4) is 0 Å². The molecule has 2 aromatic carbocycles. The highest BCUT2D eigenvalue weighted by Gasteiger charge is 2.49. The molecule has 1 amide bonds. The van der Waals surface area contributed by atoms with Crippen molar-refractivity contribution < 1.29 is 19.2 Å². The largest absolute Gasteiger partial charge is 0.533 e. The maximum absolute atomic E-state index is 12.3. The first-order valence-electron chi connectivity index (χ1n) is 8.00. The van der Waals surface area contributed by atoms with E-state index in [4.69, 9.17) is 9.57 Å². The third-order valence-corrected chi connectivity index (χ3v) is 4.79. The van der Waals surface area contributed by atoms with Gasteiger partial charge in [-0.2, -0.15) is 5.06 Å². The Balaban J connectivity index is 1.52. The minimum absolute atomic E-state index is 0.105. The molecular weight excluding hydrogens is 386 g/mol. The molecule has 1 saturated heterocycles. The molecule has 0 spiro atoms. The van der Waals surface area contributed by atoms with Gasteiger partial charge >= 0.3 is 6.16 Å².